The minimum Gasteiger partial charge on any atom is -0.493 e. The van der Waals surface area contributed by atoms with Gasteiger partial charge in [0.1, 0.15) is 0 Å². The Morgan fingerprint density at radius 2 is 2.09 bits per heavy atom. The number of nitrogens with zero attached hydrogens (tertiary/aromatic N) is 1. The summed E-state index contributed by atoms with van der Waals surface area (Å²) >= 11 is 0. The van der Waals surface area contributed by atoms with Gasteiger partial charge in [0.2, 0.25) is 5.92 Å². The van der Waals surface area contributed by atoms with E-state index in [-0.39, 0.29) is 24.7 Å². The van der Waals surface area contributed by atoms with E-state index in [1.165, 1.54) is 0 Å². The van der Waals surface area contributed by atoms with Crippen LogP contribution in [0.1, 0.15) is 25.7 Å². The van der Waals surface area contributed by atoms with Gasteiger partial charge in [0.15, 0.2) is 17.5 Å². The van der Waals surface area contributed by atoms with E-state index >= 15 is 0 Å². The van der Waals surface area contributed by atoms with Crippen LogP contribution in [0.5, 0.6) is 11.5 Å². The fourth-order valence-corrected chi connectivity index (χ4v) is 2.76. The molecule has 0 aromatic heterocycles. The Hall–Kier alpha value is -2.05. The van der Waals surface area contributed by atoms with Crippen LogP contribution in [-0.2, 0) is 0 Å². The molecule has 3 N–H and O–H groups in total. The van der Waals surface area contributed by atoms with Gasteiger partial charge >= 0.3 is 0 Å². The standard InChI is InChI=1S/C16H23F2N3O2/c1-22-13-6-5-12(8-14(13)23-2)21-15(19)20-10-11-4-3-7-16(17,18)9-11/h5-6,8,11H,3-4,7,9-10H2,1-2H3,(H3,19,20,21). The van der Waals surface area contributed by atoms with Gasteiger partial charge in [-0.1, -0.05) is 0 Å². The summed E-state index contributed by atoms with van der Waals surface area (Å²) in [6.07, 6.45) is 1.17. The number of ether oxygens (including phenoxy) is 2. The smallest absolute Gasteiger partial charge is 0.248 e. The Morgan fingerprint density at radius 3 is 2.74 bits per heavy atom. The van der Waals surface area contributed by atoms with Crippen LogP contribution in [0.15, 0.2) is 23.2 Å². The van der Waals surface area contributed by atoms with E-state index in [1.54, 1.807) is 32.4 Å². The van der Waals surface area contributed by atoms with Gasteiger partial charge in [-0.25, -0.2) is 8.78 Å². The molecule has 1 saturated carbocycles. The van der Waals surface area contributed by atoms with Gasteiger partial charge in [0.05, 0.1) is 14.2 Å². The second kappa shape index (κ2) is 7.48. The third kappa shape index (κ3) is 4.97. The second-order valence-corrected chi connectivity index (χ2v) is 5.74. The highest BCUT2D eigenvalue weighted by Crippen LogP contribution is 2.36. The van der Waals surface area contributed by atoms with Crippen LogP contribution in [0.4, 0.5) is 14.5 Å². The molecule has 1 aliphatic carbocycles. The first-order valence-corrected chi connectivity index (χ1v) is 7.60. The SMILES string of the molecule is COc1ccc(NC(N)=NCC2CCCC(F)(F)C2)cc1OC. The maximum atomic E-state index is 13.4. The number of anilines is 1. The van der Waals surface area contributed by atoms with Crippen molar-refractivity contribution in [3.05, 3.63) is 18.2 Å². The zero-order chi connectivity index (χ0) is 16.9. The molecule has 0 bridgehead atoms. The first-order chi connectivity index (χ1) is 10.9. The number of rotatable bonds is 5. The Balaban J connectivity index is 1.94. The molecule has 0 aliphatic heterocycles. The number of halogens is 2. The molecule has 7 heteroatoms. The summed E-state index contributed by atoms with van der Waals surface area (Å²) < 4.78 is 37.1. The average Bonchev–Trinajstić information content (AvgIpc) is 2.52. The van der Waals surface area contributed by atoms with E-state index < -0.39 is 5.92 Å². The van der Waals surface area contributed by atoms with Crippen molar-refractivity contribution >= 4 is 11.6 Å². The number of nitrogens with two attached hydrogens (primary N) is 1. The summed E-state index contributed by atoms with van der Waals surface area (Å²) in [4.78, 5) is 4.18. The normalized spacial score (nSPS) is 20.9. The predicted octanol–water partition coefficient (Wildman–Crippen LogP) is 3.26. The van der Waals surface area contributed by atoms with Gasteiger partial charge in [-0.05, 0) is 30.9 Å². The number of nitrogens with one attached hydrogen (secondary N) is 1. The summed E-state index contributed by atoms with van der Waals surface area (Å²) in [5, 5.41) is 2.93. The summed E-state index contributed by atoms with van der Waals surface area (Å²) in [5.41, 5.74) is 6.52. The molecule has 1 fully saturated rings. The quantitative estimate of drug-likeness (QED) is 0.643. The predicted molar refractivity (Wildman–Crippen MR) is 86.6 cm³/mol. The highest BCUT2D eigenvalue weighted by molar-refractivity contribution is 5.92. The van der Waals surface area contributed by atoms with Crippen molar-refractivity contribution in [1.29, 1.82) is 0 Å². The average molecular weight is 327 g/mol. The Kier molecular flexibility index (Phi) is 5.63. The molecule has 2 rings (SSSR count). The summed E-state index contributed by atoms with van der Waals surface area (Å²) in [7, 11) is 3.10. The number of benzene rings is 1. The number of alkyl halides is 2. The highest BCUT2D eigenvalue weighted by atomic mass is 19.3. The maximum absolute atomic E-state index is 13.4. The molecule has 23 heavy (non-hydrogen) atoms. The Bertz CT molecular complexity index is 564. The number of hydrogen-bond acceptors (Lipinski definition) is 3. The molecule has 0 radical (unpaired) electrons. The van der Waals surface area contributed by atoms with E-state index in [1.807, 2.05) is 0 Å². The first kappa shape index (κ1) is 17.3. The van der Waals surface area contributed by atoms with Crippen LogP contribution in [0.2, 0.25) is 0 Å². The minimum absolute atomic E-state index is 0.0212. The molecule has 128 valence electrons. The lowest BCUT2D eigenvalue weighted by atomic mass is 9.87. The summed E-state index contributed by atoms with van der Waals surface area (Å²) in [6.45, 7) is 0.307. The lowest BCUT2D eigenvalue weighted by molar-refractivity contribution is -0.0507. The van der Waals surface area contributed by atoms with Crippen LogP contribution in [0.25, 0.3) is 0 Å². The molecule has 1 aromatic carbocycles. The first-order valence-electron chi connectivity index (χ1n) is 7.60. The summed E-state index contributed by atoms with van der Waals surface area (Å²) in [6, 6.07) is 5.25. The van der Waals surface area contributed by atoms with E-state index in [0.29, 0.717) is 30.2 Å². The second-order valence-electron chi connectivity index (χ2n) is 5.74. The van der Waals surface area contributed by atoms with Crippen molar-refractivity contribution in [2.45, 2.75) is 31.6 Å². The molecule has 0 saturated heterocycles. The fraction of sp³-hybridized carbons (Fsp3) is 0.562. The third-order valence-electron chi connectivity index (χ3n) is 3.92. The van der Waals surface area contributed by atoms with E-state index in [2.05, 4.69) is 10.3 Å². The molecule has 1 atom stereocenters. The maximum Gasteiger partial charge on any atom is 0.248 e. The van der Waals surface area contributed by atoms with Gasteiger partial charge in [0.25, 0.3) is 0 Å². The van der Waals surface area contributed by atoms with Gasteiger partial charge in [0, 0.05) is 31.1 Å². The van der Waals surface area contributed by atoms with Gasteiger partial charge in [-0.2, -0.15) is 0 Å². The monoisotopic (exact) mass is 327 g/mol. The van der Waals surface area contributed by atoms with Crippen molar-refractivity contribution in [3.63, 3.8) is 0 Å². The largest absolute Gasteiger partial charge is 0.493 e. The van der Waals surface area contributed by atoms with E-state index in [0.717, 1.165) is 6.42 Å². The topological polar surface area (TPSA) is 68.9 Å². The van der Waals surface area contributed by atoms with Crippen LogP contribution in [0, 0.1) is 5.92 Å². The van der Waals surface area contributed by atoms with Crippen molar-refractivity contribution in [2.75, 3.05) is 26.1 Å². The number of hydrogen-bond donors (Lipinski definition) is 2. The lowest BCUT2D eigenvalue weighted by Gasteiger charge is -2.27. The van der Waals surface area contributed by atoms with Crippen LogP contribution in [0.3, 0.4) is 0 Å². The van der Waals surface area contributed by atoms with Gasteiger partial charge < -0.3 is 20.5 Å². The number of methoxy groups -OCH3 is 2. The minimum atomic E-state index is -2.57. The van der Waals surface area contributed by atoms with Crippen molar-refractivity contribution in [1.82, 2.24) is 0 Å². The molecule has 1 aliphatic rings. The van der Waals surface area contributed by atoms with Crippen molar-refractivity contribution in [2.24, 2.45) is 16.6 Å². The molecular formula is C16H23F2N3O2. The fourth-order valence-electron chi connectivity index (χ4n) is 2.76. The van der Waals surface area contributed by atoms with Crippen LogP contribution >= 0.6 is 0 Å². The molecule has 0 amide bonds. The third-order valence-corrected chi connectivity index (χ3v) is 3.92. The van der Waals surface area contributed by atoms with Crippen molar-refractivity contribution in [3.8, 4) is 11.5 Å². The molecule has 5 nitrogen and oxygen atoms in total. The molecule has 0 heterocycles. The molecule has 1 aromatic rings. The highest BCUT2D eigenvalue weighted by Gasteiger charge is 2.35. The van der Waals surface area contributed by atoms with E-state index in [4.69, 9.17) is 15.2 Å². The number of guanidine groups is 1. The van der Waals surface area contributed by atoms with E-state index in [9.17, 15) is 8.78 Å². The van der Waals surface area contributed by atoms with Gasteiger partial charge in [-0.15, -0.1) is 0 Å². The van der Waals surface area contributed by atoms with Crippen molar-refractivity contribution < 1.29 is 18.3 Å². The zero-order valence-corrected chi connectivity index (χ0v) is 13.4. The number of aliphatic imine (C=N–C) groups is 1. The lowest BCUT2D eigenvalue weighted by Crippen LogP contribution is -2.29. The zero-order valence-electron chi connectivity index (χ0n) is 13.4. The van der Waals surface area contributed by atoms with Crippen LogP contribution < -0.4 is 20.5 Å². The molecule has 0 spiro atoms. The van der Waals surface area contributed by atoms with Gasteiger partial charge in [-0.3, -0.25) is 4.99 Å². The Morgan fingerprint density at radius 1 is 1.35 bits per heavy atom. The van der Waals surface area contributed by atoms with Crippen LogP contribution in [-0.4, -0.2) is 32.6 Å². The molecule has 1 unspecified atom stereocenters. The molecular weight excluding hydrogens is 304 g/mol. The summed E-state index contributed by atoms with van der Waals surface area (Å²) in [5.74, 6) is -1.31. The Labute approximate surface area is 134 Å².